The monoisotopic (exact) mass is 435 g/mol. The molecule has 0 saturated heterocycles. The number of hydrogen-bond donors (Lipinski definition) is 2. The molecule has 4 rings (SSSR count). The average molecular weight is 435 g/mol. The second-order valence-corrected chi connectivity index (χ2v) is 6.33. The van der Waals surface area contributed by atoms with Crippen LogP contribution in [0, 0.1) is 9.39 Å². The molecular formula is C15H11FIN7. The third kappa shape index (κ3) is 2.31. The van der Waals surface area contributed by atoms with Gasteiger partial charge in [0.15, 0.2) is 0 Å². The van der Waals surface area contributed by atoms with Gasteiger partial charge in [-0.3, -0.25) is 5.10 Å². The topological polar surface area (TPSA) is 98.3 Å². The van der Waals surface area contributed by atoms with Crippen molar-refractivity contribution in [2.24, 2.45) is 0 Å². The fourth-order valence-corrected chi connectivity index (χ4v) is 3.57. The highest BCUT2D eigenvalue weighted by molar-refractivity contribution is 14.1. The quantitative estimate of drug-likeness (QED) is 0.482. The summed E-state index contributed by atoms with van der Waals surface area (Å²) in [5.74, 6) is 0.0555. The normalized spacial score (nSPS) is 12.6. The van der Waals surface area contributed by atoms with Crippen molar-refractivity contribution in [2.75, 3.05) is 5.73 Å². The van der Waals surface area contributed by atoms with Crippen molar-refractivity contribution < 1.29 is 4.39 Å². The highest BCUT2D eigenvalue weighted by Crippen LogP contribution is 2.33. The molecule has 0 bridgehead atoms. The van der Waals surface area contributed by atoms with Crippen LogP contribution >= 0.6 is 22.6 Å². The number of nitrogens with two attached hydrogens (primary N) is 1. The van der Waals surface area contributed by atoms with Crippen molar-refractivity contribution in [1.29, 1.82) is 0 Å². The van der Waals surface area contributed by atoms with Gasteiger partial charge in [0, 0.05) is 21.5 Å². The maximum atomic E-state index is 14.5. The maximum absolute atomic E-state index is 14.5. The summed E-state index contributed by atoms with van der Waals surface area (Å²) in [6.45, 7) is 0. The summed E-state index contributed by atoms with van der Waals surface area (Å²) in [5, 5.41) is 11.3. The van der Waals surface area contributed by atoms with Gasteiger partial charge in [0.25, 0.3) is 0 Å². The van der Waals surface area contributed by atoms with Crippen LogP contribution in [-0.2, 0) is 0 Å². The lowest BCUT2D eigenvalue weighted by Gasteiger charge is -2.18. The largest absolute Gasteiger partial charge is 0.383 e. The Bertz CT molecular complexity index is 1010. The van der Waals surface area contributed by atoms with Crippen LogP contribution in [0.25, 0.3) is 11.0 Å². The summed E-state index contributed by atoms with van der Waals surface area (Å²) in [7, 11) is 0. The van der Waals surface area contributed by atoms with Crippen LogP contribution in [-0.4, -0.2) is 29.9 Å². The number of hydrogen-bond acceptors (Lipinski definition) is 5. The van der Waals surface area contributed by atoms with Crippen molar-refractivity contribution >= 4 is 39.4 Å². The fourth-order valence-electron chi connectivity index (χ4n) is 2.75. The molecule has 3 heterocycles. The predicted molar refractivity (Wildman–Crippen MR) is 94.7 cm³/mol. The second kappa shape index (κ2) is 5.82. The molecule has 0 saturated carbocycles. The zero-order chi connectivity index (χ0) is 16.7. The van der Waals surface area contributed by atoms with Crippen LogP contribution in [0.5, 0.6) is 0 Å². The Balaban J connectivity index is 2.03. The number of halogens is 2. The number of anilines is 1. The van der Waals surface area contributed by atoms with Gasteiger partial charge in [-0.25, -0.2) is 14.4 Å². The molecule has 1 unspecified atom stereocenters. The van der Waals surface area contributed by atoms with Crippen molar-refractivity contribution in [3.8, 4) is 0 Å². The number of nitrogen functional groups attached to an aromatic ring is 1. The number of nitrogens with zero attached hydrogens (tertiary/aromatic N) is 5. The first-order valence-electron chi connectivity index (χ1n) is 7.04. The summed E-state index contributed by atoms with van der Waals surface area (Å²) in [4.78, 5) is 8.37. The van der Waals surface area contributed by atoms with Gasteiger partial charge in [0.2, 0.25) is 0 Å². The van der Waals surface area contributed by atoms with Gasteiger partial charge >= 0.3 is 0 Å². The van der Waals surface area contributed by atoms with E-state index >= 15 is 0 Å². The number of nitrogens with one attached hydrogen (secondary N) is 1. The van der Waals surface area contributed by atoms with Gasteiger partial charge in [-0.15, -0.1) is 5.10 Å². The van der Waals surface area contributed by atoms with Crippen molar-refractivity contribution in [2.45, 2.75) is 6.04 Å². The zero-order valence-electron chi connectivity index (χ0n) is 12.2. The smallest absolute Gasteiger partial charge is 0.147 e. The standard InChI is InChI=1S/C15H11FIN7/c16-9-4-2-1-3-8(9)13(11-5-21-23-22-11)24-6-10(17)12-14(18)19-7-20-15(12)24/h1-7,13H,(H2,18,19,20)(H,21,22,23). The Hall–Kier alpha value is -2.56. The molecule has 0 radical (unpaired) electrons. The Morgan fingerprint density at radius 1 is 1.25 bits per heavy atom. The molecule has 0 spiro atoms. The molecule has 0 fully saturated rings. The number of benzene rings is 1. The minimum absolute atomic E-state index is 0.329. The van der Waals surface area contributed by atoms with E-state index < -0.39 is 6.04 Å². The number of rotatable bonds is 3. The van der Waals surface area contributed by atoms with Crippen LogP contribution in [0.3, 0.4) is 0 Å². The lowest BCUT2D eigenvalue weighted by atomic mass is 10.0. The predicted octanol–water partition coefficient (Wildman–Crippen LogP) is 2.51. The van der Waals surface area contributed by atoms with E-state index in [4.69, 9.17) is 5.73 Å². The van der Waals surface area contributed by atoms with Crippen LogP contribution in [0.15, 0.2) is 43.0 Å². The summed E-state index contributed by atoms with van der Waals surface area (Å²) in [5.41, 5.74) is 7.64. The number of H-pyrrole nitrogens is 1. The molecule has 4 aromatic rings. The van der Waals surface area contributed by atoms with E-state index in [9.17, 15) is 4.39 Å². The van der Waals surface area contributed by atoms with E-state index in [1.165, 1.54) is 12.4 Å². The summed E-state index contributed by atoms with van der Waals surface area (Å²) >= 11 is 2.17. The van der Waals surface area contributed by atoms with Crippen LogP contribution < -0.4 is 5.73 Å². The number of aromatic amines is 1. The molecule has 3 N–H and O–H groups in total. The highest BCUT2D eigenvalue weighted by atomic mass is 127. The molecule has 9 heteroatoms. The molecular weight excluding hydrogens is 424 g/mol. The Morgan fingerprint density at radius 3 is 2.83 bits per heavy atom. The van der Waals surface area contributed by atoms with Gasteiger partial charge in [0.05, 0.1) is 5.39 Å². The molecule has 24 heavy (non-hydrogen) atoms. The molecule has 0 aliphatic rings. The van der Waals surface area contributed by atoms with Gasteiger partial charge in [0.1, 0.15) is 35.3 Å². The molecule has 0 aliphatic carbocycles. The molecule has 1 aromatic carbocycles. The first-order chi connectivity index (χ1) is 11.7. The Morgan fingerprint density at radius 2 is 2.08 bits per heavy atom. The third-order valence-corrected chi connectivity index (χ3v) is 4.60. The van der Waals surface area contributed by atoms with Crippen LogP contribution in [0.2, 0.25) is 0 Å². The first kappa shape index (κ1) is 15.0. The molecule has 7 nitrogen and oxygen atoms in total. The second-order valence-electron chi connectivity index (χ2n) is 5.16. The summed E-state index contributed by atoms with van der Waals surface area (Å²) in [6, 6.07) is 6.05. The van der Waals surface area contributed by atoms with Crippen LogP contribution in [0.4, 0.5) is 10.2 Å². The molecule has 0 amide bonds. The van der Waals surface area contributed by atoms with E-state index in [2.05, 4.69) is 48.0 Å². The van der Waals surface area contributed by atoms with E-state index in [-0.39, 0.29) is 5.82 Å². The molecule has 3 aromatic heterocycles. The van der Waals surface area contributed by atoms with Crippen molar-refractivity contribution in [3.63, 3.8) is 0 Å². The lowest BCUT2D eigenvalue weighted by molar-refractivity contribution is 0.571. The average Bonchev–Trinajstić information content (AvgIpc) is 3.20. The number of fused-ring (bicyclic) bond motifs is 1. The number of aromatic nitrogens is 6. The lowest BCUT2D eigenvalue weighted by Crippen LogP contribution is -2.14. The van der Waals surface area contributed by atoms with Crippen molar-refractivity contribution in [1.82, 2.24) is 29.9 Å². The van der Waals surface area contributed by atoms with E-state index in [0.29, 0.717) is 22.7 Å². The summed E-state index contributed by atoms with van der Waals surface area (Å²) in [6.07, 6.45) is 4.90. The maximum Gasteiger partial charge on any atom is 0.147 e. The van der Waals surface area contributed by atoms with E-state index in [0.717, 1.165) is 8.96 Å². The molecule has 0 aliphatic heterocycles. The molecule has 120 valence electrons. The Labute approximate surface area is 149 Å². The van der Waals surface area contributed by atoms with E-state index in [1.807, 2.05) is 10.8 Å². The summed E-state index contributed by atoms with van der Waals surface area (Å²) < 4.78 is 17.2. The highest BCUT2D eigenvalue weighted by Gasteiger charge is 2.25. The molecule has 1 atom stereocenters. The van der Waals surface area contributed by atoms with Gasteiger partial charge in [-0.2, -0.15) is 0 Å². The van der Waals surface area contributed by atoms with Gasteiger partial charge < -0.3 is 10.3 Å². The zero-order valence-corrected chi connectivity index (χ0v) is 14.3. The third-order valence-electron chi connectivity index (χ3n) is 3.79. The van der Waals surface area contributed by atoms with Gasteiger partial charge in [-0.1, -0.05) is 23.4 Å². The Kier molecular flexibility index (Phi) is 3.63. The minimum atomic E-state index is -0.523. The van der Waals surface area contributed by atoms with Gasteiger partial charge in [-0.05, 0) is 28.7 Å². The fraction of sp³-hybridized carbons (Fsp3) is 0.0667. The SMILES string of the molecule is Nc1ncnc2c1c(I)cn2C(c1c[nH]nn1)c1ccccc1F. The van der Waals surface area contributed by atoms with E-state index in [1.54, 1.807) is 24.4 Å². The van der Waals surface area contributed by atoms with Crippen molar-refractivity contribution in [3.05, 3.63) is 63.6 Å². The first-order valence-corrected chi connectivity index (χ1v) is 8.12. The van der Waals surface area contributed by atoms with Crippen LogP contribution in [0.1, 0.15) is 17.3 Å². The minimum Gasteiger partial charge on any atom is -0.383 e.